The van der Waals surface area contributed by atoms with E-state index in [9.17, 15) is 0 Å². The van der Waals surface area contributed by atoms with Gasteiger partial charge >= 0.3 is 0 Å². The van der Waals surface area contributed by atoms with Crippen molar-refractivity contribution in [2.75, 3.05) is 7.05 Å². The first-order valence-corrected chi connectivity index (χ1v) is 12.4. The largest absolute Gasteiger partial charge is 0.217 e. The lowest BCUT2D eigenvalue weighted by Gasteiger charge is -2.23. The van der Waals surface area contributed by atoms with Gasteiger partial charge in [-0.05, 0) is 59.9 Å². The molecule has 0 spiro atoms. The smallest absolute Gasteiger partial charge is 0.197 e. The molecule has 0 saturated heterocycles. The molecule has 0 N–H and O–H groups in total. The standard InChI is InChI=1S/C32H32N/c1-32(22-24-15-17-25-11-5-6-13-27(25)21-24)29-19-18-26-12-7-8-14-28(26)31(29)33(2)30(32)20-16-23-9-3-4-10-23/h5-8,11-21,23H,3-4,9-10,22H2,1-2H3/q+1/b20-16+. The van der Waals surface area contributed by atoms with Gasteiger partial charge < -0.3 is 0 Å². The summed E-state index contributed by atoms with van der Waals surface area (Å²) in [6.45, 7) is 2.45. The van der Waals surface area contributed by atoms with Gasteiger partial charge in [0.25, 0.3) is 0 Å². The molecule has 1 aliphatic heterocycles. The van der Waals surface area contributed by atoms with Crippen molar-refractivity contribution in [2.24, 2.45) is 5.92 Å². The molecule has 4 aromatic rings. The number of hydrogen-bond donors (Lipinski definition) is 0. The molecule has 164 valence electrons. The summed E-state index contributed by atoms with van der Waals surface area (Å²) in [5, 5.41) is 5.31. The molecule has 33 heavy (non-hydrogen) atoms. The highest BCUT2D eigenvalue weighted by Crippen LogP contribution is 2.45. The highest BCUT2D eigenvalue weighted by molar-refractivity contribution is 6.07. The SMILES string of the molecule is C[N+]1=C(/C=C/C2CCCC2)C(C)(Cc2ccc3ccccc3c2)c2ccc3ccccc3c21. The van der Waals surface area contributed by atoms with E-state index in [0.717, 1.165) is 12.3 Å². The van der Waals surface area contributed by atoms with Gasteiger partial charge in [-0.3, -0.25) is 0 Å². The molecule has 4 aromatic carbocycles. The molecule has 0 bridgehead atoms. The molecule has 1 atom stereocenters. The first-order chi connectivity index (χ1) is 16.1. The summed E-state index contributed by atoms with van der Waals surface area (Å²) in [6, 6.07) is 29.2. The van der Waals surface area contributed by atoms with E-state index < -0.39 is 0 Å². The maximum Gasteiger partial charge on any atom is 0.217 e. The highest BCUT2D eigenvalue weighted by atomic mass is 15.0. The van der Waals surface area contributed by atoms with Crippen LogP contribution in [0.2, 0.25) is 0 Å². The first kappa shape index (κ1) is 20.4. The molecular formula is C32H32N+. The Hall–Kier alpha value is -3.19. The Morgan fingerprint density at radius 1 is 0.848 bits per heavy atom. The summed E-state index contributed by atoms with van der Waals surface area (Å²) in [5.41, 5.74) is 5.59. The van der Waals surface area contributed by atoms with Crippen LogP contribution in [0, 0.1) is 5.92 Å². The van der Waals surface area contributed by atoms with Crippen LogP contribution in [-0.4, -0.2) is 17.3 Å². The van der Waals surface area contributed by atoms with Crippen LogP contribution in [0.4, 0.5) is 5.69 Å². The fourth-order valence-electron chi connectivity index (χ4n) is 6.31. The second kappa shape index (κ2) is 7.99. The van der Waals surface area contributed by atoms with E-state index in [1.807, 2.05) is 0 Å². The predicted molar refractivity (Wildman–Crippen MR) is 141 cm³/mol. The molecule has 1 saturated carbocycles. The van der Waals surface area contributed by atoms with Crippen LogP contribution in [0.5, 0.6) is 0 Å². The predicted octanol–water partition coefficient (Wildman–Crippen LogP) is 7.97. The number of allylic oxidation sites excluding steroid dienone is 2. The van der Waals surface area contributed by atoms with E-state index in [4.69, 9.17) is 0 Å². The lowest BCUT2D eigenvalue weighted by Crippen LogP contribution is -2.33. The maximum atomic E-state index is 2.51. The van der Waals surface area contributed by atoms with Gasteiger partial charge in [-0.2, -0.15) is 4.58 Å². The van der Waals surface area contributed by atoms with Gasteiger partial charge in [-0.25, -0.2) is 0 Å². The number of nitrogens with zero attached hydrogens (tertiary/aromatic N) is 1. The molecule has 1 heteroatoms. The Bertz CT molecular complexity index is 1420. The lowest BCUT2D eigenvalue weighted by molar-refractivity contribution is -0.399. The van der Waals surface area contributed by atoms with E-state index in [-0.39, 0.29) is 5.41 Å². The summed E-state index contributed by atoms with van der Waals surface area (Å²) in [5.74, 6) is 0.733. The molecular weight excluding hydrogens is 398 g/mol. The second-order valence-corrected chi connectivity index (χ2v) is 10.2. The number of hydrogen-bond acceptors (Lipinski definition) is 0. The lowest BCUT2D eigenvalue weighted by atomic mass is 9.74. The number of fused-ring (bicyclic) bond motifs is 4. The van der Waals surface area contributed by atoms with Crippen molar-refractivity contribution < 1.29 is 4.58 Å². The minimum Gasteiger partial charge on any atom is -0.197 e. The molecule has 6 rings (SSSR count). The van der Waals surface area contributed by atoms with Crippen molar-refractivity contribution >= 4 is 32.9 Å². The third-order valence-electron chi connectivity index (χ3n) is 8.05. The van der Waals surface area contributed by atoms with Gasteiger partial charge in [0.05, 0.1) is 10.8 Å². The van der Waals surface area contributed by atoms with Crippen LogP contribution in [0.25, 0.3) is 21.5 Å². The second-order valence-electron chi connectivity index (χ2n) is 10.2. The van der Waals surface area contributed by atoms with Gasteiger partial charge in [0, 0.05) is 11.6 Å². The van der Waals surface area contributed by atoms with Crippen molar-refractivity contribution in [2.45, 2.75) is 44.4 Å². The molecule has 0 amide bonds. The quantitative estimate of drug-likeness (QED) is 0.289. The van der Waals surface area contributed by atoms with E-state index in [1.54, 1.807) is 0 Å². The van der Waals surface area contributed by atoms with E-state index >= 15 is 0 Å². The number of benzene rings is 4. The van der Waals surface area contributed by atoms with Gasteiger partial charge in [-0.1, -0.05) is 91.7 Å². The van der Waals surface area contributed by atoms with Gasteiger partial charge in [0.1, 0.15) is 7.05 Å². The average molecular weight is 431 g/mol. The third-order valence-corrected chi connectivity index (χ3v) is 8.05. The molecule has 1 nitrogen and oxygen atoms in total. The van der Waals surface area contributed by atoms with Crippen molar-refractivity contribution in [3.8, 4) is 0 Å². The topological polar surface area (TPSA) is 3.01 Å². The van der Waals surface area contributed by atoms with E-state index in [0.29, 0.717) is 0 Å². The summed E-state index contributed by atoms with van der Waals surface area (Å²) >= 11 is 0. The first-order valence-electron chi connectivity index (χ1n) is 12.4. The Labute approximate surface area is 197 Å². The molecule has 1 heterocycles. The molecule has 1 unspecified atom stereocenters. The van der Waals surface area contributed by atoms with Crippen LogP contribution in [0.1, 0.15) is 43.7 Å². The normalized spacial score (nSPS) is 21.0. The molecule has 1 fully saturated rings. The van der Waals surface area contributed by atoms with Crippen LogP contribution in [0.3, 0.4) is 0 Å². The van der Waals surface area contributed by atoms with Crippen molar-refractivity contribution in [3.05, 3.63) is 102 Å². The molecule has 0 radical (unpaired) electrons. The zero-order chi connectivity index (χ0) is 22.4. The van der Waals surface area contributed by atoms with Crippen molar-refractivity contribution in [1.82, 2.24) is 0 Å². The molecule has 0 aromatic heterocycles. The third kappa shape index (κ3) is 3.42. The summed E-state index contributed by atoms with van der Waals surface area (Å²) < 4.78 is 2.48. The van der Waals surface area contributed by atoms with Gasteiger partial charge in [-0.15, -0.1) is 0 Å². The van der Waals surface area contributed by atoms with Crippen LogP contribution in [0.15, 0.2) is 91.0 Å². The van der Waals surface area contributed by atoms with E-state index in [1.165, 1.54) is 69.8 Å². The Morgan fingerprint density at radius 2 is 1.55 bits per heavy atom. The van der Waals surface area contributed by atoms with Gasteiger partial charge in [0.15, 0.2) is 5.71 Å². The Morgan fingerprint density at radius 3 is 2.36 bits per heavy atom. The zero-order valence-electron chi connectivity index (χ0n) is 19.7. The van der Waals surface area contributed by atoms with Crippen LogP contribution < -0.4 is 0 Å². The zero-order valence-corrected chi connectivity index (χ0v) is 19.7. The van der Waals surface area contributed by atoms with Gasteiger partial charge in [0.2, 0.25) is 5.69 Å². The fourth-order valence-corrected chi connectivity index (χ4v) is 6.31. The Balaban J connectivity index is 1.50. The van der Waals surface area contributed by atoms with Crippen LogP contribution in [-0.2, 0) is 11.8 Å². The summed E-state index contributed by atoms with van der Waals surface area (Å²) in [4.78, 5) is 0. The van der Waals surface area contributed by atoms with Crippen molar-refractivity contribution in [1.29, 1.82) is 0 Å². The average Bonchev–Trinajstić information content (AvgIpc) is 3.43. The molecule has 1 aliphatic carbocycles. The van der Waals surface area contributed by atoms with Crippen molar-refractivity contribution in [3.63, 3.8) is 0 Å². The monoisotopic (exact) mass is 430 g/mol. The maximum absolute atomic E-state index is 2.51. The fraction of sp³-hybridized carbons (Fsp3) is 0.281. The van der Waals surface area contributed by atoms with Crippen LogP contribution >= 0.6 is 0 Å². The Kier molecular flexibility index (Phi) is 4.94. The van der Waals surface area contributed by atoms with E-state index in [2.05, 4.69) is 110 Å². The molecule has 2 aliphatic rings. The minimum atomic E-state index is -0.0638. The highest BCUT2D eigenvalue weighted by Gasteiger charge is 2.47. The summed E-state index contributed by atoms with van der Waals surface area (Å²) in [6.07, 6.45) is 11.4. The minimum absolute atomic E-state index is 0.0638. The summed E-state index contributed by atoms with van der Waals surface area (Å²) in [7, 11) is 2.27. The number of rotatable bonds is 4.